The average Bonchev–Trinajstić information content (AvgIpc) is 2.31. The van der Waals surface area contributed by atoms with Gasteiger partial charge in [0.1, 0.15) is 0 Å². The molecule has 0 saturated carbocycles. The highest BCUT2D eigenvalue weighted by Gasteiger charge is 2.50. The second-order valence-electron chi connectivity index (χ2n) is 5.67. The lowest BCUT2D eigenvalue weighted by Crippen LogP contribution is -2.41. The number of hydrogen-bond donors (Lipinski definition) is 0. The number of rotatable bonds is 2. The zero-order valence-corrected chi connectivity index (χ0v) is 14.3. The second kappa shape index (κ2) is 4.93. The van der Waals surface area contributed by atoms with Crippen molar-refractivity contribution >= 4 is 39.0 Å². The average molecular weight is 376 g/mol. The van der Waals surface area contributed by atoms with E-state index in [0.29, 0.717) is 0 Å². The van der Waals surface area contributed by atoms with Gasteiger partial charge in [0, 0.05) is 15.3 Å². The summed E-state index contributed by atoms with van der Waals surface area (Å²) in [6.45, 7) is 8.29. The molecule has 5 heteroatoms. The first kappa shape index (κ1) is 14.6. The third kappa shape index (κ3) is 3.01. The molecule has 1 fully saturated rings. The number of halogens is 2. The minimum absolute atomic E-state index is 0.184. The molecule has 2 nitrogen and oxygen atoms in total. The fourth-order valence-electron chi connectivity index (χ4n) is 1.97. The predicted octanol–water partition coefficient (Wildman–Crippen LogP) is 4.39. The first-order chi connectivity index (χ1) is 8.19. The Morgan fingerprint density at radius 3 is 1.83 bits per heavy atom. The largest absolute Gasteiger partial charge is 0.462 e. The molecule has 0 N–H and O–H groups in total. The van der Waals surface area contributed by atoms with Crippen LogP contribution in [-0.4, -0.2) is 18.3 Å². The molecule has 0 aliphatic carbocycles. The fraction of sp³-hybridized carbons (Fsp3) is 0.538. The Morgan fingerprint density at radius 1 is 0.944 bits per heavy atom. The maximum atomic E-state index is 5.99. The zero-order valence-electron chi connectivity index (χ0n) is 11.1. The molecular weight excluding hydrogens is 359 g/mol. The van der Waals surface area contributed by atoms with Crippen LogP contribution in [-0.2, 0) is 15.6 Å². The molecule has 98 valence electrons. The molecule has 1 saturated heterocycles. The maximum absolute atomic E-state index is 5.99. The maximum Gasteiger partial charge on any atom is 0.462 e. The summed E-state index contributed by atoms with van der Waals surface area (Å²) in [4.78, 5) is 0. The summed E-state index contributed by atoms with van der Waals surface area (Å²) in [5, 5.41) is 0. The molecule has 0 aromatic heterocycles. The van der Waals surface area contributed by atoms with Crippen LogP contribution in [0.1, 0.15) is 33.3 Å². The van der Waals surface area contributed by atoms with E-state index in [-0.39, 0.29) is 18.3 Å². The van der Waals surface area contributed by atoms with Gasteiger partial charge in [0.2, 0.25) is 0 Å². The van der Waals surface area contributed by atoms with Crippen molar-refractivity contribution in [2.75, 3.05) is 0 Å². The van der Waals surface area contributed by atoms with E-state index in [0.717, 1.165) is 15.3 Å². The van der Waals surface area contributed by atoms with E-state index in [9.17, 15) is 0 Å². The van der Waals surface area contributed by atoms with Crippen molar-refractivity contribution in [1.29, 1.82) is 0 Å². The monoisotopic (exact) mass is 374 g/mol. The highest BCUT2D eigenvalue weighted by atomic mass is 79.9. The van der Waals surface area contributed by atoms with Gasteiger partial charge in [-0.3, -0.25) is 0 Å². The van der Waals surface area contributed by atoms with Gasteiger partial charge in [-0.25, -0.2) is 0 Å². The van der Waals surface area contributed by atoms with E-state index in [1.54, 1.807) is 0 Å². The van der Waals surface area contributed by atoms with Crippen molar-refractivity contribution in [1.82, 2.24) is 0 Å². The van der Waals surface area contributed by atoms with Gasteiger partial charge in [-0.15, -0.1) is 0 Å². The van der Waals surface area contributed by atoms with Gasteiger partial charge in [-0.1, -0.05) is 31.9 Å². The highest BCUT2D eigenvalue weighted by molar-refractivity contribution is 9.11. The van der Waals surface area contributed by atoms with Gasteiger partial charge in [0.05, 0.1) is 11.2 Å². The van der Waals surface area contributed by atoms with Crippen LogP contribution < -0.4 is 0 Å². The van der Waals surface area contributed by atoms with Crippen LogP contribution in [0, 0.1) is 0 Å². The molecule has 1 aromatic carbocycles. The van der Waals surface area contributed by atoms with Crippen LogP contribution >= 0.6 is 31.9 Å². The summed E-state index contributed by atoms with van der Waals surface area (Å²) in [6.07, 6.45) is 0.755. The number of hydrogen-bond acceptors (Lipinski definition) is 2. The molecule has 1 aliphatic heterocycles. The Balaban J connectivity index is 2.12. The quantitative estimate of drug-likeness (QED) is 0.714. The Kier molecular flexibility index (Phi) is 3.99. The van der Waals surface area contributed by atoms with Crippen LogP contribution in [0.5, 0.6) is 0 Å². The van der Waals surface area contributed by atoms with E-state index >= 15 is 0 Å². The normalized spacial score (nSPS) is 21.3. The van der Waals surface area contributed by atoms with E-state index in [1.807, 2.05) is 6.07 Å². The summed E-state index contributed by atoms with van der Waals surface area (Å²) >= 11 is 6.99. The zero-order chi connectivity index (χ0) is 13.6. The van der Waals surface area contributed by atoms with Gasteiger partial charge in [0.25, 0.3) is 0 Å². The lowest BCUT2D eigenvalue weighted by Gasteiger charge is -2.32. The molecule has 0 unspecified atom stereocenters. The lowest BCUT2D eigenvalue weighted by atomic mass is 9.81. The van der Waals surface area contributed by atoms with Gasteiger partial charge in [-0.2, -0.15) is 0 Å². The van der Waals surface area contributed by atoms with Crippen LogP contribution in [0.2, 0.25) is 0 Å². The smallest absolute Gasteiger partial charge is 0.403 e. The van der Waals surface area contributed by atoms with Gasteiger partial charge < -0.3 is 9.31 Å². The Labute approximate surface area is 126 Å². The SMILES string of the molecule is CC1(C)OB(Cc2cc(Br)cc(Br)c2)OC1(C)C. The standard InChI is InChI=1S/C13H17BBr2O2/c1-12(2)13(3,4)18-14(17-12)8-9-5-10(15)7-11(16)6-9/h5-7H,8H2,1-4H3. The molecular formula is C13H17BBr2O2. The topological polar surface area (TPSA) is 18.5 Å². The van der Waals surface area contributed by atoms with Gasteiger partial charge in [0.15, 0.2) is 0 Å². The van der Waals surface area contributed by atoms with Crippen LogP contribution in [0.3, 0.4) is 0 Å². The van der Waals surface area contributed by atoms with E-state index in [1.165, 1.54) is 5.56 Å². The van der Waals surface area contributed by atoms with Crippen molar-refractivity contribution in [3.05, 3.63) is 32.7 Å². The number of benzene rings is 1. The minimum atomic E-state index is -0.263. The molecule has 0 amide bonds. The molecule has 2 rings (SSSR count). The molecule has 1 aliphatic rings. The van der Waals surface area contributed by atoms with E-state index < -0.39 is 0 Å². The second-order valence-corrected chi connectivity index (χ2v) is 7.50. The summed E-state index contributed by atoms with van der Waals surface area (Å²) in [5.74, 6) is 0. The Morgan fingerprint density at radius 2 is 1.39 bits per heavy atom. The van der Waals surface area contributed by atoms with Crippen molar-refractivity contribution in [3.8, 4) is 0 Å². The van der Waals surface area contributed by atoms with Crippen molar-refractivity contribution in [3.63, 3.8) is 0 Å². The fourth-order valence-corrected chi connectivity index (χ4v) is 3.36. The third-order valence-electron chi connectivity index (χ3n) is 3.63. The lowest BCUT2D eigenvalue weighted by molar-refractivity contribution is 0.00578. The third-order valence-corrected chi connectivity index (χ3v) is 4.54. The van der Waals surface area contributed by atoms with Crippen LogP contribution in [0.4, 0.5) is 0 Å². The molecule has 1 aromatic rings. The van der Waals surface area contributed by atoms with Gasteiger partial charge >= 0.3 is 7.12 Å². The minimum Gasteiger partial charge on any atom is -0.403 e. The molecule has 0 bridgehead atoms. The van der Waals surface area contributed by atoms with E-state index in [2.05, 4.69) is 71.7 Å². The van der Waals surface area contributed by atoms with Crippen molar-refractivity contribution in [2.45, 2.75) is 45.2 Å². The summed E-state index contributed by atoms with van der Waals surface area (Å²) < 4.78 is 14.1. The molecule has 0 radical (unpaired) electrons. The summed E-state index contributed by atoms with van der Waals surface area (Å²) in [7, 11) is -0.184. The van der Waals surface area contributed by atoms with Crippen LogP contribution in [0.15, 0.2) is 27.1 Å². The van der Waals surface area contributed by atoms with Crippen molar-refractivity contribution < 1.29 is 9.31 Å². The highest BCUT2D eigenvalue weighted by Crippen LogP contribution is 2.37. The molecule has 0 spiro atoms. The molecule has 18 heavy (non-hydrogen) atoms. The van der Waals surface area contributed by atoms with Crippen LogP contribution in [0.25, 0.3) is 0 Å². The van der Waals surface area contributed by atoms with E-state index in [4.69, 9.17) is 9.31 Å². The summed E-state index contributed by atoms with van der Waals surface area (Å²) in [5.41, 5.74) is 0.664. The summed E-state index contributed by atoms with van der Waals surface area (Å²) in [6, 6.07) is 6.21. The molecule has 0 atom stereocenters. The van der Waals surface area contributed by atoms with Crippen molar-refractivity contribution in [2.24, 2.45) is 0 Å². The Bertz CT molecular complexity index is 424. The first-order valence-electron chi connectivity index (χ1n) is 6.00. The molecule has 1 heterocycles. The Hall–Kier alpha value is 0.165. The first-order valence-corrected chi connectivity index (χ1v) is 7.59. The van der Waals surface area contributed by atoms with Gasteiger partial charge in [-0.05, 0) is 51.5 Å². The predicted molar refractivity (Wildman–Crippen MR) is 81.6 cm³/mol.